The topological polar surface area (TPSA) is 49.7 Å². The molecular weight excluding hydrogens is 340 g/mol. The van der Waals surface area contributed by atoms with Gasteiger partial charge in [-0.05, 0) is 46.3 Å². The number of fused-ring (bicyclic) bond motifs is 5. The summed E-state index contributed by atoms with van der Waals surface area (Å²) in [5.41, 5.74) is 0. The molecule has 20 heavy (non-hydrogen) atoms. The number of hydrogen-bond donors (Lipinski definition) is 0. The van der Waals surface area contributed by atoms with E-state index in [0.29, 0.717) is 0 Å². The summed E-state index contributed by atoms with van der Waals surface area (Å²) in [6.45, 7) is 0. The molecule has 102 valence electrons. The standard InChI is InChI=1S/C14H11BrN2O2S/c15-10-4-3-9(20-10)6-16-17-13(18)11-7-1-2-8(5-7)12(11)14(17)19/h1-4,6-8,11-12H,5H2/t7-,8-,11-,12+/m0/s1. The minimum Gasteiger partial charge on any atom is -0.272 e. The number of hydrogen-bond acceptors (Lipinski definition) is 4. The van der Waals surface area contributed by atoms with Crippen LogP contribution < -0.4 is 0 Å². The third-order valence-corrected chi connectivity index (χ3v) is 5.90. The van der Waals surface area contributed by atoms with Crippen molar-refractivity contribution in [3.05, 3.63) is 32.9 Å². The van der Waals surface area contributed by atoms with Crippen LogP contribution in [0.4, 0.5) is 0 Å². The van der Waals surface area contributed by atoms with E-state index in [0.717, 1.165) is 20.1 Å². The van der Waals surface area contributed by atoms with Crippen molar-refractivity contribution in [3.8, 4) is 0 Å². The summed E-state index contributed by atoms with van der Waals surface area (Å²) in [5, 5.41) is 5.20. The lowest BCUT2D eigenvalue weighted by molar-refractivity contribution is -0.140. The summed E-state index contributed by atoms with van der Waals surface area (Å²) in [6.07, 6.45) is 6.70. The molecule has 1 aliphatic heterocycles. The van der Waals surface area contributed by atoms with E-state index in [1.165, 1.54) is 11.3 Å². The van der Waals surface area contributed by atoms with Gasteiger partial charge in [0.05, 0.1) is 21.8 Å². The zero-order valence-corrected chi connectivity index (χ0v) is 12.8. The molecule has 0 aromatic carbocycles. The molecule has 0 unspecified atom stereocenters. The molecule has 0 spiro atoms. The third kappa shape index (κ3) is 1.67. The van der Waals surface area contributed by atoms with Crippen LogP contribution in [0.15, 0.2) is 33.2 Å². The molecule has 1 aromatic rings. The first-order valence-corrected chi connectivity index (χ1v) is 8.11. The zero-order chi connectivity index (χ0) is 13.9. The minimum atomic E-state index is -0.176. The predicted octanol–water partition coefficient (Wildman–Crippen LogP) is 2.65. The molecule has 2 aliphatic carbocycles. The quantitative estimate of drug-likeness (QED) is 0.467. The minimum absolute atomic E-state index is 0.135. The van der Waals surface area contributed by atoms with E-state index in [1.807, 2.05) is 12.1 Å². The predicted molar refractivity (Wildman–Crippen MR) is 79.2 cm³/mol. The van der Waals surface area contributed by atoms with E-state index in [1.54, 1.807) is 6.21 Å². The molecular formula is C14H11BrN2O2S. The molecule has 2 heterocycles. The Kier molecular flexibility index (Phi) is 2.72. The molecule has 2 amide bonds. The van der Waals surface area contributed by atoms with E-state index < -0.39 is 0 Å². The molecule has 0 N–H and O–H groups in total. The first kappa shape index (κ1) is 12.5. The molecule has 2 fully saturated rings. The van der Waals surface area contributed by atoms with Gasteiger partial charge in [0.1, 0.15) is 0 Å². The summed E-state index contributed by atoms with van der Waals surface area (Å²) in [5.74, 6) is -0.156. The maximum absolute atomic E-state index is 12.4. The number of thiophene rings is 1. The Hall–Kier alpha value is -1.27. The molecule has 6 heteroatoms. The number of carbonyl (C=O) groups excluding carboxylic acids is 2. The van der Waals surface area contributed by atoms with Crippen LogP contribution >= 0.6 is 27.3 Å². The highest BCUT2D eigenvalue weighted by Gasteiger charge is 2.59. The fraction of sp³-hybridized carbons (Fsp3) is 0.357. The van der Waals surface area contributed by atoms with Gasteiger partial charge in [-0.1, -0.05) is 12.2 Å². The number of rotatable bonds is 2. The molecule has 4 rings (SSSR count). The van der Waals surface area contributed by atoms with E-state index in [9.17, 15) is 9.59 Å². The molecule has 0 radical (unpaired) electrons. The van der Waals surface area contributed by atoms with Gasteiger partial charge in [0, 0.05) is 4.88 Å². The Bertz CT molecular complexity index is 636. The highest BCUT2D eigenvalue weighted by molar-refractivity contribution is 9.11. The Labute approximate surface area is 128 Å². The monoisotopic (exact) mass is 350 g/mol. The highest BCUT2D eigenvalue weighted by Crippen LogP contribution is 2.52. The average Bonchev–Trinajstić information content (AvgIpc) is 3.15. The smallest absolute Gasteiger partial charge is 0.254 e. The summed E-state index contributed by atoms with van der Waals surface area (Å²) in [6, 6.07) is 3.81. The summed E-state index contributed by atoms with van der Waals surface area (Å²) < 4.78 is 0.997. The molecule has 4 atom stereocenters. The number of carbonyl (C=O) groups is 2. The highest BCUT2D eigenvalue weighted by atomic mass is 79.9. The summed E-state index contributed by atoms with van der Waals surface area (Å²) in [4.78, 5) is 25.6. The first-order chi connectivity index (χ1) is 9.65. The Balaban J connectivity index is 1.60. The number of halogens is 1. The van der Waals surface area contributed by atoms with Gasteiger partial charge in [-0.25, -0.2) is 0 Å². The molecule has 1 saturated carbocycles. The second kappa shape index (κ2) is 4.36. The van der Waals surface area contributed by atoms with Gasteiger partial charge >= 0.3 is 0 Å². The van der Waals surface area contributed by atoms with Crippen LogP contribution in [-0.4, -0.2) is 23.0 Å². The van der Waals surface area contributed by atoms with Crippen molar-refractivity contribution in [1.29, 1.82) is 0 Å². The van der Waals surface area contributed by atoms with Gasteiger partial charge in [0.25, 0.3) is 11.8 Å². The van der Waals surface area contributed by atoms with Crippen molar-refractivity contribution in [2.24, 2.45) is 28.8 Å². The summed E-state index contributed by atoms with van der Waals surface area (Å²) >= 11 is 4.89. The van der Waals surface area contributed by atoms with Crippen LogP contribution in [0.5, 0.6) is 0 Å². The Morgan fingerprint density at radius 2 is 1.85 bits per heavy atom. The van der Waals surface area contributed by atoms with E-state index in [-0.39, 0.29) is 35.5 Å². The number of hydrazone groups is 1. The van der Waals surface area contributed by atoms with Crippen LogP contribution in [0.2, 0.25) is 0 Å². The van der Waals surface area contributed by atoms with Gasteiger partial charge in [0.15, 0.2) is 0 Å². The first-order valence-electron chi connectivity index (χ1n) is 6.50. The van der Waals surface area contributed by atoms with Crippen molar-refractivity contribution in [2.75, 3.05) is 0 Å². The number of nitrogens with zero attached hydrogens (tertiary/aromatic N) is 2. The normalized spacial score (nSPS) is 34.8. The average molecular weight is 351 g/mol. The lowest BCUT2D eigenvalue weighted by atomic mass is 9.85. The Morgan fingerprint density at radius 1 is 1.20 bits per heavy atom. The van der Waals surface area contributed by atoms with Crippen LogP contribution in [0.1, 0.15) is 11.3 Å². The van der Waals surface area contributed by atoms with Gasteiger partial charge in [0.2, 0.25) is 0 Å². The van der Waals surface area contributed by atoms with E-state index in [2.05, 4.69) is 33.2 Å². The van der Waals surface area contributed by atoms with Crippen molar-refractivity contribution in [1.82, 2.24) is 5.01 Å². The Morgan fingerprint density at radius 3 is 2.40 bits per heavy atom. The van der Waals surface area contributed by atoms with Crippen LogP contribution in [-0.2, 0) is 9.59 Å². The van der Waals surface area contributed by atoms with E-state index >= 15 is 0 Å². The van der Waals surface area contributed by atoms with Crippen molar-refractivity contribution in [2.45, 2.75) is 6.42 Å². The molecule has 4 nitrogen and oxygen atoms in total. The molecule has 2 bridgehead atoms. The van der Waals surface area contributed by atoms with E-state index in [4.69, 9.17) is 0 Å². The molecule has 1 saturated heterocycles. The van der Waals surface area contributed by atoms with Crippen LogP contribution in [0.25, 0.3) is 0 Å². The second-order valence-corrected chi connectivity index (χ2v) is 7.87. The van der Waals surface area contributed by atoms with Crippen LogP contribution in [0.3, 0.4) is 0 Å². The lowest BCUT2D eigenvalue weighted by Gasteiger charge is -2.13. The number of imide groups is 1. The van der Waals surface area contributed by atoms with Crippen molar-refractivity contribution < 1.29 is 9.59 Å². The van der Waals surface area contributed by atoms with Gasteiger partial charge < -0.3 is 0 Å². The fourth-order valence-corrected chi connectivity index (χ4v) is 4.80. The number of amides is 2. The lowest BCUT2D eigenvalue weighted by Crippen LogP contribution is -2.28. The molecule has 3 aliphatic rings. The fourth-order valence-electron chi connectivity index (χ4n) is 3.51. The molecule has 1 aromatic heterocycles. The largest absolute Gasteiger partial charge is 0.272 e. The second-order valence-electron chi connectivity index (χ2n) is 5.37. The van der Waals surface area contributed by atoms with Gasteiger partial charge in [-0.15, -0.1) is 11.3 Å². The van der Waals surface area contributed by atoms with Gasteiger partial charge in [-0.3, -0.25) is 9.59 Å². The van der Waals surface area contributed by atoms with Crippen molar-refractivity contribution >= 4 is 45.3 Å². The maximum Gasteiger partial charge on any atom is 0.254 e. The maximum atomic E-state index is 12.4. The van der Waals surface area contributed by atoms with Crippen LogP contribution in [0, 0.1) is 23.7 Å². The van der Waals surface area contributed by atoms with Crippen molar-refractivity contribution in [3.63, 3.8) is 0 Å². The third-order valence-electron chi connectivity index (χ3n) is 4.34. The van der Waals surface area contributed by atoms with Gasteiger partial charge in [-0.2, -0.15) is 10.1 Å². The summed E-state index contributed by atoms with van der Waals surface area (Å²) in [7, 11) is 0. The SMILES string of the molecule is O=C1[C@@H]2[C@H](C(=O)N1N=Cc1ccc(Br)s1)[C@H]1C=C[C@H]2C1. The number of allylic oxidation sites excluding steroid dienone is 2. The zero-order valence-electron chi connectivity index (χ0n) is 10.4.